The molecule has 0 radical (unpaired) electrons. The quantitative estimate of drug-likeness (QED) is 0.648. The summed E-state index contributed by atoms with van der Waals surface area (Å²) in [5.41, 5.74) is 0.540. The molecule has 1 aromatic heterocycles. The number of halogens is 1. The molecule has 0 fully saturated rings. The summed E-state index contributed by atoms with van der Waals surface area (Å²) in [7, 11) is 0. The highest BCUT2D eigenvalue weighted by atomic mass is 79.9. The Labute approximate surface area is 121 Å². The highest BCUT2D eigenvalue weighted by Gasteiger charge is 2.10. The summed E-state index contributed by atoms with van der Waals surface area (Å²) in [6.45, 7) is 7.45. The molecule has 0 aliphatic rings. The van der Waals surface area contributed by atoms with Crippen molar-refractivity contribution < 1.29 is 5.11 Å². The number of nitrogens with zero attached hydrogens (tertiary/aromatic N) is 2. The molecule has 0 spiro atoms. The maximum absolute atomic E-state index is 12.0. The van der Waals surface area contributed by atoms with E-state index >= 15 is 0 Å². The summed E-state index contributed by atoms with van der Waals surface area (Å²) >= 11 is 3.30. The maximum atomic E-state index is 12.0. The lowest BCUT2D eigenvalue weighted by atomic mass is 10.4. The van der Waals surface area contributed by atoms with Crippen molar-refractivity contribution in [3.8, 4) is 0 Å². The summed E-state index contributed by atoms with van der Waals surface area (Å²) in [6, 6.07) is 0.0329. The van der Waals surface area contributed by atoms with Crippen molar-refractivity contribution in [2.45, 2.75) is 32.9 Å². The first-order valence-electron chi connectivity index (χ1n) is 6.33. The van der Waals surface area contributed by atoms with E-state index in [1.807, 2.05) is 13.8 Å². The Morgan fingerprint density at radius 1 is 1.42 bits per heavy atom. The Bertz CT molecular complexity index is 460. The summed E-state index contributed by atoms with van der Waals surface area (Å²) in [6.07, 6.45) is 1.28. The molecule has 0 bridgehead atoms. The van der Waals surface area contributed by atoms with E-state index in [0.717, 1.165) is 0 Å². The maximum Gasteiger partial charge on any atom is 0.283 e. The van der Waals surface area contributed by atoms with E-state index in [-0.39, 0.29) is 17.7 Å². The van der Waals surface area contributed by atoms with Crippen molar-refractivity contribution in [2.24, 2.45) is 0 Å². The van der Waals surface area contributed by atoms with E-state index in [4.69, 9.17) is 5.11 Å². The van der Waals surface area contributed by atoms with Gasteiger partial charge in [-0.3, -0.25) is 4.79 Å². The van der Waals surface area contributed by atoms with E-state index in [1.165, 1.54) is 4.68 Å². The second-order valence-electron chi connectivity index (χ2n) is 4.70. The second kappa shape index (κ2) is 7.62. The van der Waals surface area contributed by atoms with Crippen molar-refractivity contribution >= 4 is 21.6 Å². The summed E-state index contributed by atoms with van der Waals surface area (Å²) in [4.78, 5) is 12.0. The molecule has 6 nitrogen and oxygen atoms in total. The zero-order valence-corrected chi connectivity index (χ0v) is 13.1. The number of aliphatic hydroxyl groups is 1. The fourth-order valence-corrected chi connectivity index (χ4v) is 1.96. The predicted molar refractivity (Wildman–Crippen MR) is 79.6 cm³/mol. The lowest BCUT2D eigenvalue weighted by Crippen LogP contribution is -2.30. The molecule has 7 heteroatoms. The van der Waals surface area contributed by atoms with Gasteiger partial charge in [-0.05, 0) is 36.7 Å². The average Bonchev–Trinajstić information content (AvgIpc) is 2.33. The third kappa shape index (κ3) is 4.93. The van der Waals surface area contributed by atoms with Gasteiger partial charge in [0.25, 0.3) is 5.56 Å². The van der Waals surface area contributed by atoms with Crippen LogP contribution in [0.3, 0.4) is 0 Å². The third-order valence-electron chi connectivity index (χ3n) is 2.49. The first-order chi connectivity index (χ1) is 8.93. The van der Waals surface area contributed by atoms with Crippen LogP contribution in [-0.4, -0.2) is 40.6 Å². The van der Waals surface area contributed by atoms with Crippen LogP contribution >= 0.6 is 15.9 Å². The van der Waals surface area contributed by atoms with Crippen LogP contribution in [0, 0.1) is 0 Å². The Kier molecular flexibility index (Phi) is 6.47. The Hall–Kier alpha value is -0.920. The predicted octanol–water partition coefficient (Wildman–Crippen LogP) is 0.969. The Balaban J connectivity index is 2.56. The number of anilines is 1. The number of nitrogens with one attached hydrogen (secondary N) is 2. The van der Waals surface area contributed by atoms with Crippen molar-refractivity contribution in [3.63, 3.8) is 0 Å². The summed E-state index contributed by atoms with van der Waals surface area (Å²) in [5, 5.41) is 19.4. The smallest absolute Gasteiger partial charge is 0.283 e. The molecule has 1 heterocycles. The van der Waals surface area contributed by atoms with Gasteiger partial charge < -0.3 is 15.7 Å². The van der Waals surface area contributed by atoms with Gasteiger partial charge in [0.05, 0.1) is 24.0 Å². The highest BCUT2D eigenvalue weighted by Crippen LogP contribution is 2.16. The zero-order valence-electron chi connectivity index (χ0n) is 11.5. The van der Waals surface area contributed by atoms with E-state index < -0.39 is 0 Å². The average molecular weight is 333 g/mol. The summed E-state index contributed by atoms with van der Waals surface area (Å²) < 4.78 is 1.92. The van der Waals surface area contributed by atoms with Crippen molar-refractivity contribution in [1.82, 2.24) is 15.1 Å². The van der Waals surface area contributed by atoms with Gasteiger partial charge in [-0.25, -0.2) is 4.68 Å². The van der Waals surface area contributed by atoms with Crippen LogP contribution in [0.15, 0.2) is 15.5 Å². The number of hydrogen-bond donors (Lipinski definition) is 3. The Morgan fingerprint density at radius 2 is 2.11 bits per heavy atom. The van der Waals surface area contributed by atoms with Crippen LogP contribution in [0.1, 0.15) is 26.8 Å². The third-order valence-corrected chi connectivity index (χ3v) is 3.26. The van der Waals surface area contributed by atoms with Crippen LogP contribution in [-0.2, 0) is 0 Å². The molecule has 0 saturated carbocycles. The monoisotopic (exact) mass is 332 g/mol. The second-order valence-corrected chi connectivity index (χ2v) is 5.49. The molecular formula is C12H21BrN4O2. The van der Waals surface area contributed by atoms with E-state index in [0.29, 0.717) is 29.8 Å². The lowest BCUT2D eigenvalue weighted by molar-refractivity contribution is 0.192. The molecule has 0 aliphatic heterocycles. The molecule has 3 N–H and O–H groups in total. The summed E-state index contributed by atoms with van der Waals surface area (Å²) in [5.74, 6) is 0. The van der Waals surface area contributed by atoms with Crippen LogP contribution in [0.2, 0.25) is 0 Å². The van der Waals surface area contributed by atoms with Crippen LogP contribution in [0.5, 0.6) is 0 Å². The SMILES string of the molecule is CC(O)CNCCNc1cnn(C(C)C)c(=O)c1Br. The molecule has 108 valence electrons. The minimum Gasteiger partial charge on any atom is -0.392 e. The standard InChI is InChI=1S/C12H21BrN4O2/c1-8(2)17-12(19)11(13)10(7-16-17)15-5-4-14-6-9(3)18/h7-9,14-15,18H,4-6H2,1-3H3. The molecule has 1 unspecified atom stereocenters. The van der Waals surface area contributed by atoms with Gasteiger partial charge in [-0.2, -0.15) is 5.10 Å². The Morgan fingerprint density at radius 3 is 2.68 bits per heavy atom. The van der Waals surface area contributed by atoms with E-state index in [9.17, 15) is 4.79 Å². The number of aromatic nitrogens is 2. The molecule has 19 heavy (non-hydrogen) atoms. The zero-order chi connectivity index (χ0) is 14.4. The first kappa shape index (κ1) is 16.1. The van der Waals surface area contributed by atoms with E-state index in [1.54, 1.807) is 13.1 Å². The normalized spacial score (nSPS) is 12.7. The van der Waals surface area contributed by atoms with Gasteiger partial charge in [0, 0.05) is 19.6 Å². The van der Waals surface area contributed by atoms with E-state index in [2.05, 4.69) is 31.7 Å². The fourth-order valence-electron chi connectivity index (χ4n) is 1.53. The molecule has 0 saturated heterocycles. The van der Waals surface area contributed by atoms with Crippen LogP contribution < -0.4 is 16.2 Å². The molecule has 0 aromatic carbocycles. The molecule has 1 atom stereocenters. The first-order valence-corrected chi connectivity index (χ1v) is 7.12. The number of rotatable bonds is 7. The number of aliphatic hydroxyl groups excluding tert-OH is 1. The largest absolute Gasteiger partial charge is 0.392 e. The highest BCUT2D eigenvalue weighted by molar-refractivity contribution is 9.10. The van der Waals surface area contributed by atoms with Crippen LogP contribution in [0.4, 0.5) is 5.69 Å². The van der Waals surface area contributed by atoms with Crippen molar-refractivity contribution in [3.05, 3.63) is 21.0 Å². The minimum atomic E-state index is -0.358. The van der Waals surface area contributed by atoms with Gasteiger partial charge in [-0.15, -0.1) is 0 Å². The lowest BCUT2D eigenvalue weighted by Gasteiger charge is -2.13. The van der Waals surface area contributed by atoms with Gasteiger partial charge in [0.2, 0.25) is 0 Å². The van der Waals surface area contributed by atoms with Gasteiger partial charge in [0.15, 0.2) is 0 Å². The van der Waals surface area contributed by atoms with Crippen molar-refractivity contribution in [1.29, 1.82) is 0 Å². The van der Waals surface area contributed by atoms with Crippen molar-refractivity contribution in [2.75, 3.05) is 25.0 Å². The van der Waals surface area contributed by atoms with Gasteiger partial charge >= 0.3 is 0 Å². The molecular weight excluding hydrogens is 312 g/mol. The van der Waals surface area contributed by atoms with Gasteiger partial charge in [0.1, 0.15) is 4.47 Å². The number of hydrogen-bond acceptors (Lipinski definition) is 5. The molecule has 0 aliphatic carbocycles. The van der Waals surface area contributed by atoms with Gasteiger partial charge in [-0.1, -0.05) is 0 Å². The topological polar surface area (TPSA) is 79.2 Å². The fraction of sp³-hybridized carbons (Fsp3) is 0.667. The van der Waals surface area contributed by atoms with Crippen LogP contribution in [0.25, 0.3) is 0 Å². The molecule has 1 aromatic rings. The molecule has 1 rings (SSSR count). The minimum absolute atomic E-state index is 0.0329. The molecule has 0 amide bonds.